The number of carbonyl (C=O) groups is 1. The number of phenolic OH excluding ortho intramolecular Hbond substituents is 1. The molecule has 3 rings (SSSR count). The number of nitrogens with zero attached hydrogens (tertiary/aromatic N) is 2. The van der Waals surface area contributed by atoms with Crippen molar-refractivity contribution in [2.24, 2.45) is 10.2 Å². The Balaban J connectivity index is 1.98. The van der Waals surface area contributed by atoms with Gasteiger partial charge in [0.2, 0.25) is 0 Å². The van der Waals surface area contributed by atoms with Crippen molar-refractivity contribution < 1.29 is 24.5 Å². The molecular weight excluding hydrogens is 370 g/mol. The van der Waals surface area contributed by atoms with Crippen molar-refractivity contribution in [3.05, 3.63) is 60.2 Å². The zero-order valence-electron chi connectivity index (χ0n) is 14.1. The molecule has 0 spiro atoms. The zero-order chi connectivity index (χ0) is 19.2. The fourth-order valence-electron chi connectivity index (χ4n) is 2.53. The van der Waals surface area contributed by atoms with Crippen LogP contribution >= 0.6 is 12.0 Å². The van der Waals surface area contributed by atoms with Crippen LogP contribution in [0.1, 0.15) is 10.4 Å². The predicted octanol–water partition coefficient (Wildman–Crippen LogP) is 4.94. The van der Waals surface area contributed by atoms with Crippen molar-refractivity contribution in [2.45, 2.75) is 4.90 Å². The molecular formula is C18H15N3O5S. The summed E-state index contributed by atoms with van der Waals surface area (Å²) >= 11 is 0.659. The lowest BCUT2D eigenvalue weighted by atomic mass is 10.1. The van der Waals surface area contributed by atoms with Crippen LogP contribution in [0.25, 0.3) is 10.8 Å². The number of anilines is 1. The Morgan fingerprint density at radius 3 is 2.63 bits per heavy atom. The van der Waals surface area contributed by atoms with Gasteiger partial charge in [0, 0.05) is 23.7 Å². The van der Waals surface area contributed by atoms with Gasteiger partial charge in [-0.1, -0.05) is 23.2 Å². The number of carbonyl (C=O) groups excluding carboxylic acids is 1. The zero-order valence-corrected chi connectivity index (χ0v) is 14.9. The molecule has 0 saturated heterocycles. The van der Waals surface area contributed by atoms with Crippen LogP contribution in [0, 0.1) is 0 Å². The SMILES string of the molecule is CN=Nc1c(SOOO)cc2cc(NC(=O)c3ccccc3)ccc2c1O. The molecule has 0 saturated carbocycles. The number of fused-ring (bicyclic) bond motifs is 1. The quantitative estimate of drug-likeness (QED) is 0.240. The van der Waals surface area contributed by atoms with E-state index in [0.717, 1.165) is 0 Å². The summed E-state index contributed by atoms with van der Waals surface area (Å²) in [5, 5.41) is 34.0. The normalized spacial score (nSPS) is 11.2. The van der Waals surface area contributed by atoms with E-state index in [1.807, 2.05) is 6.07 Å². The maximum absolute atomic E-state index is 12.3. The van der Waals surface area contributed by atoms with E-state index in [1.54, 1.807) is 48.5 Å². The summed E-state index contributed by atoms with van der Waals surface area (Å²) in [7, 11) is 1.46. The molecule has 3 N–H and O–H groups in total. The maximum atomic E-state index is 12.3. The van der Waals surface area contributed by atoms with E-state index in [-0.39, 0.29) is 17.3 Å². The number of aromatic hydroxyl groups is 1. The minimum atomic E-state index is -0.248. The van der Waals surface area contributed by atoms with E-state index >= 15 is 0 Å². The van der Waals surface area contributed by atoms with Crippen LogP contribution in [0.3, 0.4) is 0 Å². The van der Waals surface area contributed by atoms with Crippen LogP contribution < -0.4 is 5.32 Å². The van der Waals surface area contributed by atoms with Crippen molar-refractivity contribution in [1.82, 2.24) is 0 Å². The van der Waals surface area contributed by atoms with Crippen LogP contribution in [0.4, 0.5) is 11.4 Å². The van der Waals surface area contributed by atoms with E-state index in [2.05, 4.69) is 24.9 Å². The highest BCUT2D eigenvalue weighted by molar-refractivity contribution is 7.94. The van der Waals surface area contributed by atoms with E-state index in [0.29, 0.717) is 39.0 Å². The van der Waals surface area contributed by atoms with Gasteiger partial charge in [0.15, 0.2) is 5.75 Å². The average molecular weight is 385 g/mol. The molecule has 0 aliphatic rings. The Hall–Kier alpha value is -2.98. The topological polar surface area (TPSA) is 113 Å². The lowest BCUT2D eigenvalue weighted by molar-refractivity contribution is -0.432. The highest BCUT2D eigenvalue weighted by Crippen LogP contribution is 2.43. The van der Waals surface area contributed by atoms with Crippen molar-refractivity contribution >= 4 is 40.1 Å². The van der Waals surface area contributed by atoms with Crippen LogP contribution in [0.15, 0.2) is 69.7 Å². The second kappa shape index (κ2) is 8.60. The summed E-state index contributed by atoms with van der Waals surface area (Å²) in [6, 6.07) is 15.5. The third kappa shape index (κ3) is 4.23. The summed E-state index contributed by atoms with van der Waals surface area (Å²) in [5.41, 5.74) is 1.26. The second-order valence-corrected chi connectivity index (χ2v) is 6.10. The van der Waals surface area contributed by atoms with Gasteiger partial charge in [-0.25, -0.2) is 5.26 Å². The largest absolute Gasteiger partial charge is 0.505 e. The van der Waals surface area contributed by atoms with Gasteiger partial charge >= 0.3 is 0 Å². The van der Waals surface area contributed by atoms with E-state index < -0.39 is 0 Å². The van der Waals surface area contributed by atoms with Gasteiger partial charge in [-0.3, -0.25) is 4.79 Å². The summed E-state index contributed by atoms with van der Waals surface area (Å²) in [4.78, 5) is 12.7. The lowest BCUT2D eigenvalue weighted by Gasteiger charge is -2.11. The number of amides is 1. The van der Waals surface area contributed by atoms with Crippen molar-refractivity contribution in [2.75, 3.05) is 12.4 Å². The molecule has 0 aliphatic carbocycles. The molecule has 0 heterocycles. The molecule has 0 aromatic heterocycles. The maximum Gasteiger partial charge on any atom is 0.255 e. The van der Waals surface area contributed by atoms with Gasteiger partial charge in [0.25, 0.3) is 5.91 Å². The monoisotopic (exact) mass is 385 g/mol. The van der Waals surface area contributed by atoms with Crippen molar-refractivity contribution in [3.8, 4) is 5.75 Å². The first-order chi connectivity index (χ1) is 13.1. The Labute approximate surface area is 158 Å². The number of benzene rings is 3. The first-order valence-electron chi connectivity index (χ1n) is 7.74. The number of azo groups is 1. The van der Waals surface area contributed by atoms with Crippen LogP contribution in [0.5, 0.6) is 5.75 Å². The first-order valence-corrected chi connectivity index (χ1v) is 8.49. The molecule has 8 nitrogen and oxygen atoms in total. The molecule has 0 fully saturated rings. The molecule has 3 aromatic rings. The average Bonchev–Trinajstić information content (AvgIpc) is 2.69. The first kappa shape index (κ1) is 18.8. The fourth-order valence-corrected chi connectivity index (χ4v) is 3.03. The molecule has 1 amide bonds. The van der Waals surface area contributed by atoms with Gasteiger partial charge in [0.1, 0.15) is 5.69 Å². The Kier molecular flexibility index (Phi) is 5.99. The second-order valence-electron chi connectivity index (χ2n) is 5.35. The predicted molar refractivity (Wildman–Crippen MR) is 101 cm³/mol. The Morgan fingerprint density at radius 1 is 1.15 bits per heavy atom. The minimum Gasteiger partial charge on any atom is -0.505 e. The van der Waals surface area contributed by atoms with E-state index in [4.69, 9.17) is 5.26 Å². The fraction of sp³-hybridized carbons (Fsp3) is 0.0556. The summed E-state index contributed by atoms with van der Waals surface area (Å²) in [6.45, 7) is 0. The third-order valence-electron chi connectivity index (χ3n) is 3.70. The Morgan fingerprint density at radius 2 is 1.93 bits per heavy atom. The smallest absolute Gasteiger partial charge is 0.255 e. The van der Waals surface area contributed by atoms with E-state index in [1.165, 1.54) is 7.05 Å². The van der Waals surface area contributed by atoms with Gasteiger partial charge in [-0.05, 0) is 41.8 Å². The molecule has 27 heavy (non-hydrogen) atoms. The lowest BCUT2D eigenvalue weighted by Crippen LogP contribution is -2.11. The number of rotatable bonds is 6. The number of hydrogen-bond acceptors (Lipinski definition) is 8. The number of nitrogens with one attached hydrogen (secondary N) is 1. The molecule has 0 aliphatic heterocycles. The van der Waals surface area contributed by atoms with Crippen LogP contribution in [-0.4, -0.2) is 23.3 Å². The molecule has 0 bridgehead atoms. The van der Waals surface area contributed by atoms with Gasteiger partial charge in [0.05, 0.1) is 16.9 Å². The van der Waals surface area contributed by atoms with Gasteiger partial charge in [-0.2, -0.15) is 10.2 Å². The highest BCUT2D eigenvalue weighted by atomic mass is 32.2. The molecule has 0 radical (unpaired) electrons. The molecule has 3 aromatic carbocycles. The van der Waals surface area contributed by atoms with Crippen LogP contribution in [0.2, 0.25) is 0 Å². The van der Waals surface area contributed by atoms with Gasteiger partial charge in [-0.15, -0.1) is 4.33 Å². The number of phenols is 1. The molecule has 0 atom stereocenters. The Bertz CT molecular complexity index is 995. The molecule has 0 unspecified atom stereocenters. The van der Waals surface area contributed by atoms with E-state index in [9.17, 15) is 9.90 Å². The minimum absolute atomic E-state index is 0.108. The van der Waals surface area contributed by atoms with Crippen LogP contribution in [-0.2, 0) is 9.37 Å². The summed E-state index contributed by atoms with van der Waals surface area (Å²) < 4.78 is 4.45. The molecule has 138 valence electrons. The van der Waals surface area contributed by atoms with Gasteiger partial charge < -0.3 is 10.4 Å². The molecule has 9 heteroatoms. The standard InChI is InChI=1S/C18H15N3O5S/c1-19-21-16-15(27-26-25-24)10-12-9-13(7-8-14(12)17(16)22)20-18(23)11-5-3-2-4-6-11/h2-10,22,24H,1H3,(H,20,23). The van der Waals surface area contributed by atoms with Crippen molar-refractivity contribution in [1.29, 1.82) is 0 Å². The van der Waals surface area contributed by atoms with Crippen molar-refractivity contribution in [3.63, 3.8) is 0 Å². The summed E-state index contributed by atoms with van der Waals surface area (Å²) in [5.74, 6) is -0.356. The third-order valence-corrected chi connectivity index (χ3v) is 4.32. The summed E-state index contributed by atoms with van der Waals surface area (Å²) in [6.07, 6.45) is 0. The highest BCUT2D eigenvalue weighted by Gasteiger charge is 2.15. The number of hydrogen-bond donors (Lipinski definition) is 3.